The molecule has 0 rings (SSSR count). The topological polar surface area (TPSA) is 186 Å². The minimum atomic E-state index is -5.49. The lowest BCUT2D eigenvalue weighted by molar-refractivity contribution is 0.151. The third-order valence-electron chi connectivity index (χ3n) is 0.903. The maximum Gasteiger partial charge on any atom is 0.490 e. The molecule has 11 nitrogen and oxygen atoms in total. The molecule has 0 fully saturated rings. The molecule has 0 aromatic carbocycles. The minimum Gasteiger partial charge on any atom is -0.302 e. The Kier molecular flexibility index (Phi) is 5.87. The second-order valence-corrected chi connectivity index (χ2v) is 6.77. The molecule has 6 N–H and O–H groups in total. The highest BCUT2D eigenvalue weighted by molar-refractivity contribution is 7.66. The van der Waals surface area contributed by atoms with E-state index < -0.39 is 29.7 Å². The Bertz CT molecular complexity index is 413. The normalized spacial score (nSPS) is 21.2. The summed E-state index contributed by atoms with van der Waals surface area (Å²) in [6.45, 7) is 3.08. The highest BCUT2D eigenvalue weighted by Gasteiger charge is 2.41. The SMILES string of the molecule is C=CC(N)OP(=O)(O)OP(=O)(O)OP(=O)(O)O. The first-order valence-corrected chi connectivity index (χ1v) is 8.09. The van der Waals surface area contributed by atoms with Crippen LogP contribution in [-0.4, -0.2) is 25.8 Å². The molecule has 102 valence electrons. The van der Waals surface area contributed by atoms with Crippen LogP contribution in [0.15, 0.2) is 12.7 Å². The van der Waals surface area contributed by atoms with Gasteiger partial charge in [0.05, 0.1) is 0 Å². The van der Waals surface area contributed by atoms with Crippen molar-refractivity contribution in [3.63, 3.8) is 0 Å². The van der Waals surface area contributed by atoms with E-state index in [0.29, 0.717) is 0 Å². The molecule has 0 aliphatic carbocycles. The molecule has 0 radical (unpaired) electrons. The molecule has 17 heavy (non-hydrogen) atoms. The molecule has 0 aliphatic rings. The van der Waals surface area contributed by atoms with E-state index in [1.165, 1.54) is 0 Å². The van der Waals surface area contributed by atoms with Gasteiger partial charge in [-0.25, -0.2) is 13.7 Å². The monoisotopic (exact) mass is 313 g/mol. The molecule has 14 heteroatoms. The Morgan fingerprint density at radius 1 is 1.06 bits per heavy atom. The average molecular weight is 313 g/mol. The molecule has 0 bridgehead atoms. The van der Waals surface area contributed by atoms with Crippen LogP contribution in [0.3, 0.4) is 0 Å². The Balaban J connectivity index is 4.71. The zero-order valence-corrected chi connectivity index (χ0v) is 10.7. The number of phosphoric ester groups is 1. The van der Waals surface area contributed by atoms with E-state index in [-0.39, 0.29) is 0 Å². The third kappa shape index (κ3) is 8.78. The summed E-state index contributed by atoms with van der Waals surface area (Å²) in [6, 6.07) is 0. The molecular formula is C3H10NO10P3. The van der Waals surface area contributed by atoms with Crippen molar-refractivity contribution in [3.8, 4) is 0 Å². The summed E-state index contributed by atoms with van der Waals surface area (Å²) in [5, 5.41) is 0. The first kappa shape index (κ1) is 17.1. The zero-order chi connectivity index (χ0) is 13.9. The number of rotatable bonds is 7. The van der Waals surface area contributed by atoms with E-state index in [9.17, 15) is 13.7 Å². The number of phosphoric acid groups is 3. The molecule has 0 heterocycles. The summed E-state index contributed by atoms with van der Waals surface area (Å²) >= 11 is 0. The van der Waals surface area contributed by atoms with E-state index in [4.69, 9.17) is 25.3 Å². The molecule has 0 spiro atoms. The summed E-state index contributed by atoms with van der Waals surface area (Å²) in [6.07, 6.45) is -0.640. The van der Waals surface area contributed by atoms with Crippen molar-refractivity contribution in [2.45, 2.75) is 6.23 Å². The van der Waals surface area contributed by atoms with Crippen molar-refractivity contribution < 1.29 is 46.4 Å². The van der Waals surface area contributed by atoms with Gasteiger partial charge in [-0.05, 0) is 6.08 Å². The van der Waals surface area contributed by atoms with Crippen molar-refractivity contribution in [3.05, 3.63) is 12.7 Å². The summed E-state index contributed by atoms with van der Waals surface area (Å²) in [5.74, 6) is 0. The molecule has 0 amide bonds. The predicted molar refractivity (Wildman–Crippen MR) is 53.1 cm³/mol. The van der Waals surface area contributed by atoms with Gasteiger partial charge in [-0.3, -0.25) is 4.52 Å². The number of hydrogen-bond acceptors (Lipinski definition) is 7. The quantitative estimate of drug-likeness (QED) is 0.238. The van der Waals surface area contributed by atoms with Gasteiger partial charge in [0.25, 0.3) is 0 Å². The lowest BCUT2D eigenvalue weighted by atomic mass is 10.6. The van der Waals surface area contributed by atoms with Crippen LogP contribution in [0.4, 0.5) is 0 Å². The van der Waals surface area contributed by atoms with Gasteiger partial charge in [0.1, 0.15) is 6.23 Å². The molecule has 0 aromatic rings. The third-order valence-corrected chi connectivity index (χ3v) is 4.74. The second-order valence-electron chi connectivity index (χ2n) is 2.40. The minimum absolute atomic E-state index is 0.859. The fourth-order valence-corrected chi connectivity index (χ4v) is 3.55. The maximum atomic E-state index is 11.0. The standard InChI is InChI=1S/C3H10NO10P3/c1-2-3(4)12-16(8,9)14-17(10,11)13-15(5,6)7/h2-3H,1,4H2,(H,8,9)(H,10,11)(H2,5,6,7). The molecule has 0 aliphatic heterocycles. The Morgan fingerprint density at radius 2 is 1.53 bits per heavy atom. The van der Waals surface area contributed by atoms with Gasteiger partial charge in [-0.2, -0.15) is 8.62 Å². The summed E-state index contributed by atoms with van der Waals surface area (Å²) in [7, 11) is -16.0. The molecule has 3 unspecified atom stereocenters. The van der Waals surface area contributed by atoms with Crippen LogP contribution in [-0.2, 0) is 26.8 Å². The zero-order valence-electron chi connectivity index (χ0n) is 8.02. The van der Waals surface area contributed by atoms with Crippen LogP contribution in [0.25, 0.3) is 0 Å². The van der Waals surface area contributed by atoms with Crippen molar-refractivity contribution in [2.75, 3.05) is 0 Å². The van der Waals surface area contributed by atoms with E-state index in [2.05, 4.69) is 19.7 Å². The Hall–Kier alpha value is 0.110. The highest BCUT2D eigenvalue weighted by atomic mass is 31.3. The summed E-state index contributed by atoms with van der Waals surface area (Å²) in [5.41, 5.74) is 4.99. The molecule has 3 atom stereocenters. The van der Waals surface area contributed by atoms with Gasteiger partial charge in [0.2, 0.25) is 0 Å². The van der Waals surface area contributed by atoms with Crippen molar-refractivity contribution in [1.82, 2.24) is 0 Å². The number of nitrogens with two attached hydrogens (primary N) is 1. The van der Waals surface area contributed by atoms with Gasteiger partial charge in [-0.1, -0.05) is 6.58 Å². The van der Waals surface area contributed by atoms with Crippen LogP contribution >= 0.6 is 23.5 Å². The van der Waals surface area contributed by atoms with Gasteiger partial charge in [0.15, 0.2) is 0 Å². The Labute approximate surface area is 95.3 Å². The van der Waals surface area contributed by atoms with Gasteiger partial charge in [0, 0.05) is 0 Å². The van der Waals surface area contributed by atoms with Crippen LogP contribution in [0.1, 0.15) is 0 Å². The largest absolute Gasteiger partial charge is 0.490 e. The second kappa shape index (κ2) is 5.83. The van der Waals surface area contributed by atoms with Crippen LogP contribution < -0.4 is 5.73 Å². The first-order chi connectivity index (χ1) is 7.37. The lowest BCUT2D eigenvalue weighted by Crippen LogP contribution is -2.19. The first-order valence-electron chi connectivity index (χ1n) is 3.57. The van der Waals surface area contributed by atoms with Gasteiger partial charge in [-0.15, -0.1) is 0 Å². The molecular weight excluding hydrogens is 303 g/mol. The van der Waals surface area contributed by atoms with Crippen molar-refractivity contribution in [1.29, 1.82) is 0 Å². The van der Waals surface area contributed by atoms with E-state index in [1.54, 1.807) is 0 Å². The average Bonchev–Trinajstić information content (AvgIpc) is 1.94. The lowest BCUT2D eigenvalue weighted by Gasteiger charge is -2.17. The van der Waals surface area contributed by atoms with E-state index >= 15 is 0 Å². The fourth-order valence-electron chi connectivity index (χ4n) is 0.496. The smallest absolute Gasteiger partial charge is 0.302 e. The van der Waals surface area contributed by atoms with E-state index in [0.717, 1.165) is 6.08 Å². The highest BCUT2D eigenvalue weighted by Crippen LogP contribution is 2.66. The van der Waals surface area contributed by atoms with Gasteiger partial charge < -0.3 is 25.3 Å². The van der Waals surface area contributed by atoms with Crippen molar-refractivity contribution >= 4 is 23.5 Å². The fraction of sp³-hybridized carbons (Fsp3) is 0.333. The van der Waals surface area contributed by atoms with E-state index in [1.807, 2.05) is 0 Å². The molecule has 0 aromatic heterocycles. The maximum absolute atomic E-state index is 11.0. The molecule has 0 saturated heterocycles. The van der Waals surface area contributed by atoms with Crippen molar-refractivity contribution in [2.24, 2.45) is 5.73 Å². The summed E-state index contributed by atoms with van der Waals surface area (Å²) in [4.78, 5) is 34.0. The van der Waals surface area contributed by atoms with Gasteiger partial charge >= 0.3 is 23.5 Å². The number of hydrogen-bond donors (Lipinski definition) is 5. The van der Waals surface area contributed by atoms with Crippen LogP contribution in [0.5, 0.6) is 0 Å². The Morgan fingerprint density at radius 3 is 1.88 bits per heavy atom. The summed E-state index contributed by atoms with van der Waals surface area (Å²) < 4.78 is 42.9. The van der Waals surface area contributed by atoms with Crippen LogP contribution in [0.2, 0.25) is 0 Å². The molecule has 0 saturated carbocycles. The van der Waals surface area contributed by atoms with Crippen LogP contribution in [0, 0.1) is 0 Å². The predicted octanol–water partition coefficient (Wildman–Crippen LogP) is -0.200.